The van der Waals surface area contributed by atoms with Crippen molar-refractivity contribution in [2.75, 3.05) is 6.54 Å². The lowest BCUT2D eigenvalue weighted by molar-refractivity contribution is 0.0571. The summed E-state index contributed by atoms with van der Waals surface area (Å²) in [6.45, 7) is 4.51. The second-order valence-corrected chi connectivity index (χ2v) is 7.75. The van der Waals surface area contributed by atoms with Crippen LogP contribution in [0, 0.1) is 0 Å². The maximum absolute atomic E-state index is 9.81. The van der Waals surface area contributed by atoms with Crippen molar-refractivity contribution in [3.63, 3.8) is 0 Å². The van der Waals surface area contributed by atoms with Crippen molar-refractivity contribution in [2.45, 2.75) is 129 Å². The van der Waals surface area contributed by atoms with E-state index in [4.69, 9.17) is 5.73 Å². The molecular weight excluding hydrogens is 282 g/mol. The zero-order chi connectivity index (χ0) is 17.2. The Morgan fingerprint density at radius 3 is 1.22 bits per heavy atom. The van der Waals surface area contributed by atoms with E-state index < -0.39 is 5.60 Å². The Morgan fingerprint density at radius 1 is 0.609 bits per heavy atom. The van der Waals surface area contributed by atoms with Gasteiger partial charge in [0.25, 0.3) is 0 Å². The molecule has 0 aromatic heterocycles. The van der Waals surface area contributed by atoms with Gasteiger partial charge in [-0.3, -0.25) is 0 Å². The summed E-state index contributed by atoms with van der Waals surface area (Å²) in [6, 6.07) is 0. The van der Waals surface area contributed by atoms with E-state index in [2.05, 4.69) is 6.92 Å². The number of aliphatic hydroxyl groups is 1. The largest absolute Gasteiger partial charge is 0.389 e. The lowest BCUT2D eigenvalue weighted by Crippen LogP contribution is -2.33. The van der Waals surface area contributed by atoms with Crippen LogP contribution in [0.25, 0.3) is 0 Å². The molecule has 0 aliphatic carbocycles. The van der Waals surface area contributed by atoms with Gasteiger partial charge in [-0.05, 0) is 13.3 Å². The number of rotatable bonds is 18. The van der Waals surface area contributed by atoms with E-state index in [1.807, 2.05) is 6.92 Å². The summed E-state index contributed by atoms with van der Waals surface area (Å²) in [4.78, 5) is 0. The number of nitrogens with two attached hydrogens (primary N) is 1. The fraction of sp³-hybridized carbons (Fsp3) is 1.00. The zero-order valence-corrected chi connectivity index (χ0v) is 16.3. The van der Waals surface area contributed by atoms with E-state index in [1.165, 1.54) is 96.3 Å². The van der Waals surface area contributed by atoms with Gasteiger partial charge in [0.05, 0.1) is 5.60 Å². The van der Waals surface area contributed by atoms with Crippen LogP contribution in [0.15, 0.2) is 0 Å². The highest BCUT2D eigenvalue weighted by Gasteiger charge is 2.16. The van der Waals surface area contributed by atoms with Crippen molar-refractivity contribution >= 4 is 0 Å². The monoisotopic (exact) mass is 327 g/mol. The third kappa shape index (κ3) is 18.1. The lowest BCUT2D eigenvalue weighted by Gasteiger charge is -2.20. The Morgan fingerprint density at radius 2 is 0.913 bits per heavy atom. The molecule has 3 N–H and O–H groups in total. The second kappa shape index (κ2) is 16.8. The van der Waals surface area contributed by atoms with Crippen LogP contribution >= 0.6 is 0 Å². The number of hydrogen-bond acceptors (Lipinski definition) is 2. The Hall–Kier alpha value is -0.0800. The highest BCUT2D eigenvalue weighted by molar-refractivity contribution is 4.72. The minimum absolute atomic E-state index is 0.381. The average molecular weight is 328 g/mol. The van der Waals surface area contributed by atoms with Crippen LogP contribution in [0.2, 0.25) is 0 Å². The first-order valence-electron chi connectivity index (χ1n) is 10.5. The maximum atomic E-state index is 9.81. The zero-order valence-electron chi connectivity index (χ0n) is 16.3. The van der Waals surface area contributed by atoms with Crippen LogP contribution in [0.5, 0.6) is 0 Å². The van der Waals surface area contributed by atoms with Gasteiger partial charge in [-0.2, -0.15) is 0 Å². The van der Waals surface area contributed by atoms with Crippen LogP contribution in [0.4, 0.5) is 0 Å². The fourth-order valence-corrected chi connectivity index (χ4v) is 3.16. The minimum atomic E-state index is -0.643. The van der Waals surface area contributed by atoms with Gasteiger partial charge in [0, 0.05) is 6.54 Å². The molecule has 0 amide bonds. The Balaban J connectivity index is 3.05. The Labute approximate surface area is 146 Å². The normalized spacial score (nSPS) is 14.1. The van der Waals surface area contributed by atoms with Gasteiger partial charge < -0.3 is 10.8 Å². The second-order valence-electron chi connectivity index (χ2n) is 7.75. The number of unbranched alkanes of at least 4 members (excludes halogenated alkanes) is 15. The minimum Gasteiger partial charge on any atom is -0.389 e. The van der Waals surface area contributed by atoms with Gasteiger partial charge in [-0.15, -0.1) is 0 Å². The Kier molecular flexibility index (Phi) is 16.7. The van der Waals surface area contributed by atoms with Gasteiger partial charge in [0.15, 0.2) is 0 Å². The smallest absolute Gasteiger partial charge is 0.0741 e. The van der Waals surface area contributed by atoms with Crippen molar-refractivity contribution in [3.05, 3.63) is 0 Å². The molecule has 0 heterocycles. The summed E-state index contributed by atoms with van der Waals surface area (Å²) < 4.78 is 0. The van der Waals surface area contributed by atoms with Gasteiger partial charge in [-0.25, -0.2) is 0 Å². The van der Waals surface area contributed by atoms with Gasteiger partial charge in [0.1, 0.15) is 0 Å². The fourth-order valence-electron chi connectivity index (χ4n) is 3.16. The molecule has 0 aromatic carbocycles. The van der Waals surface area contributed by atoms with Gasteiger partial charge in [-0.1, -0.05) is 110 Å². The summed E-state index contributed by atoms with van der Waals surface area (Å²) in [5.74, 6) is 0. The average Bonchev–Trinajstić information content (AvgIpc) is 2.54. The predicted octanol–water partition coefficient (Wildman–Crippen LogP) is 6.35. The quantitative estimate of drug-likeness (QED) is 0.288. The first-order valence-corrected chi connectivity index (χ1v) is 10.5. The predicted molar refractivity (Wildman–Crippen MR) is 104 cm³/mol. The molecule has 23 heavy (non-hydrogen) atoms. The van der Waals surface area contributed by atoms with Crippen molar-refractivity contribution in [2.24, 2.45) is 5.73 Å². The molecule has 140 valence electrons. The first-order chi connectivity index (χ1) is 11.1. The molecule has 0 saturated carbocycles. The maximum Gasteiger partial charge on any atom is 0.0741 e. The summed E-state index contributed by atoms with van der Waals surface area (Å²) in [6.07, 6.45) is 23.0. The van der Waals surface area contributed by atoms with Crippen molar-refractivity contribution < 1.29 is 5.11 Å². The van der Waals surface area contributed by atoms with Crippen molar-refractivity contribution in [1.82, 2.24) is 0 Å². The number of hydrogen-bond donors (Lipinski definition) is 2. The molecule has 1 atom stereocenters. The topological polar surface area (TPSA) is 46.2 Å². The molecule has 0 fully saturated rings. The molecule has 0 rings (SSSR count). The van der Waals surface area contributed by atoms with E-state index >= 15 is 0 Å². The molecule has 1 unspecified atom stereocenters. The third-order valence-corrected chi connectivity index (χ3v) is 5.01. The van der Waals surface area contributed by atoms with Crippen LogP contribution < -0.4 is 5.73 Å². The molecule has 0 spiro atoms. The summed E-state index contributed by atoms with van der Waals surface area (Å²) in [5, 5.41) is 9.81. The summed E-state index contributed by atoms with van der Waals surface area (Å²) in [5.41, 5.74) is 4.88. The third-order valence-electron chi connectivity index (χ3n) is 5.01. The van der Waals surface area contributed by atoms with Crippen LogP contribution in [0.3, 0.4) is 0 Å². The van der Waals surface area contributed by atoms with Gasteiger partial charge in [0.2, 0.25) is 0 Å². The van der Waals surface area contributed by atoms with Crippen LogP contribution in [-0.4, -0.2) is 17.3 Å². The molecule has 2 nitrogen and oxygen atoms in total. The van der Waals surface area contributed by atoms with E-state index in [1.54, 1.807) is 0 Å². The molecule has 0 aliphatic rings. The van der Waals surface area contributed by atoms with Gasteiger partial charge >= 0.3 is 0 Å². The van der Waals surface area contributed by atoms with E-state index in [0.717, 1.165) is 12.8 Å². The lowest BCUT2D eigenvalue weighted by atomic mass is 9.97. The Bertz CT molecular complexity index is 228. The molecule has 0 aliphatic heterocycles. The molecule has 0 radical (unpaired) electrons. The first kappa shape index (κ1) is 22.9. The molecule has 0 bridgehead atoms. The highest BCUT2D eigenvalue weighted by Crippen LogP contribution is 2.16. The summed E-state index contributed by atoms with van der Waals surface area (Å²) in [7, 11) is 0. The van der Waals surface area contributed by atoms with Crippen LogP contribution in [0.1, 0.15) is 123 Å². The van der Waals surface area contributed by atoms with E-state index in [0.29, 0.717) is 6.54 Å². The summed E-state index contributed by atoms with van der Waals surface area (Å²) >= 11 is 0. The molecular formula is C21H45NO. The van der Waals surface area contributed by atoms with Crippen molar-refractivity contribution in [3.8, 4) is 0 Å². The molecule has 0 saturated heterocycles. The van der Waals surface area contributed by atoms with Crippen LogP contribution in [-0.2, 0) is 0 Å². The van der Waals surface area contributed by atoms with E-state index in [9.17, 15) is 5.11 Å². The van der Waals surface area contributed by atoms with E-state index in [-0.39, 0.29) is 0 Å². The molecule has 2 heteroatoms. The standard InChI is InChI=1S/C21H45NO/c1-3-4-5-6-7-8-9-10-11-12-13-14-15-16-17-18-19-21(2,23)20-22/h23H,3-20,22H2,1-2H3. The molecule has 0 aromatic rings. The SMILES string of the molecule is CCCCCCCCCCCCCCCCCCC(C)(O)CN. The van der Waals surface area contributed by atoms with Crippen molar-refractivity contribution in [1.29, 1.82) is 0 Å². The highest BCUT2D eigenvalue weighted by atomic mass is 16.3.